The molecule has 0 aromatic rings. The molecule has 0 spiro atoms. The van der Waals surface area contributed by atoms with Crippen molar-refractivity contribution in [2.75, 3.05) is 33.9 Å². The Morgan fingerprint density at radius 1 is 1.04 bits per heavy atom. The summed E-state index contributed by atoms with van der Waals surface area (Å²) in [6.45, 7) is 14.7. The van der Waals surface area contributed by atoms with Crippen LogP contribution in [0.5, 0.6) is 0 Å². The van der Waals surface area contributed by atoms with Crippen LogP contribution in [0.15, 0.2) is 11.3 Å². The molecule has 0 aliphatic carbocycles. The molecular formula is C20H45N3O3Si. The highest BCUT2D eigenvalue weighted by Crippen LogP contribution is 2.27. The van der Waals surface area contributed by atoms with Gasteiger partial charge in [0.15, 0.2) is 0 Å². The normalized spacial score (nSPS) is 16.6. The zero-order valence-corrected chi connectivity index (χ0v) is 20.0. The molecule has 6 nitrogen and oxygen atoms in total. The number of hydrogen-bond acceptors (Lipinski definition) is 6. The van der Waals surface area contributed by atoms with Crippen LogP contribution in [0.3, 0.4) is 0 Å². The summed E-state index contributed by atoms with van der Waals surface area (Å²) in [6, 6.07) is 1.00. The maximum absolute atomic E-state index is 6.48. The average molecular weight is 404 g/mol. The topological polar surface area (TPSA) is 77.8 Å². The van der Waals surface area contributed by atoms with Crippen LogP contribution in [0.1, 0.15) is 60.8 Å². The molecule has 0 aliphatic rings. The third kappa shape index (κ3) is 9.54. The van der Waals surface area contributed by atoms with Gasteiger partial charge in [0.2, 0.25) is 0 Å². The van der Waals surface area contributed by atoms with E-state index in [0.29, 0.717) is 19.1 Å². The summed E-state index contributed by atoms with van der Waals surface area (Å²) in [5.41, 5.74) is 7.75. The zero-order valence-electron chi connectivity index (χ0n) is 19.0. The smallest absolute Gasteiger partial charge is 0.505 e. The van der Waals surface area contributed by atoms with Crippen LogP contribution in [0.4, 0.5) is 0 Å². The largest absolute Gasteiger partial charge is 0.565 e. The Kier molecular flexibility index (Phi) is 14.3. The van der Waals surface area contributed by atoms with Crippen molar-refractivity contribution in [3.8, 4) is 0 Å². The molecule has 0 rings (SSSR count). The molecule has 0 radical (unpaired) electrons. The summed E-state index contributed by atoms with van der Waals surface area (Å²) in [6.07, 6.45) is 2.88. The second-order valence-corrected chi connectivity index (χ2v) is 9.84. The van der Waals surface area contributed by atoms with Crippen molar-refractivity contribution < 1.29 is 13.3 Å². The number of rotatable bonds is 16. The van der Waals surface area contributed by atoms with E-state index in [2.05, 4.69) is 31.4 Å². The fourth-order valence-corrected chi connectivity index (χ4v) is 5.91. The van der Waals surface area contributed by atoms with Crippen molar-refractivity contribution >= 4 is 8.80 Å². The lowest BCUT2D eigenvalue weighted by Crippen LogP contribution is -2.50. The average Bonchev–Trinajstić information content (AvgIpc) is 2.66. The quantitative estimate of drug-likeness (QED) is 0.271. The summed E-state index contributed by atoms with van der Waals surface area (Å²) >= 11 is 0. The van der Waals surface area contributed by atoms with Gasteiger partial charge >= 0.3 is 8.80 Å². The van der Waals surface area contributed by atoms with Crippen LogP contribution in [0.25, 0.3) is 0 Å². The predicted octanol–water partition coefficient (Wildman–Crippen LogP) is 3.27. The van der Waals surface area contributed by atoms with E-state index in [4.69, 9.17) is 19.0 Å². The molecule has 3 atom stereocenters. The lowest BCUT2D eigenvalue weighted by atomic mass is 9.99. The molecule has 0 fully saturated rings. The van der Waals surface area contributed by atoms with Crippen LogP contribution in [0.2, 0.25) is 6.04 Å². The Labute approximate surface area is 169 Å². The molecular weight excluding hydrogens is 358 g/mol. The Morgan fingerprint density at radius 2 is 1.63 bits per heavy atom. The number of nitrogens with one attached hydrogen (secondary N) is 2. The lowest BCUT2D eigenvalue weighted by molar-refractivity contribution is 0.0889. The molecule has 3 unspecified atom stereocenters. The molecule has 0 saturated heterocycles. The second kappa shape index (κ2) is 14.5. The van der Waals surface area contributed by atoms with Crippen LogP contribution in [0, 0.1) is 5.92 Å². The van der Waals surface area contributed by atoms with E-state index in [1.807, 2.05) is 34.9 Å². The summed E-state index contributed by atoms with van der Waals surface area (Å²) in [4.78, 5) is 0. The van der Waals surface area contributed by atoms with Crippen LogP contribution < -0.4 is 16.4 Å². The van der Waals surface area contributed by atoms with Gasteiger partial charge in [-0.15, -0.1) is 0 Å². The molecule has 0 aliphatic heterocycles. The number of hydrogen-bond donors (Lipinski definition) is 3. The van der Waals surface area contributed by atoms with E-state index in [0.717, 1.165) is 37.6 Å². The van der Waals surface area contributed by atoms with E-state index < -0.39 is 8.80 Å². The van der Waals surface area contributed by atoms with Gasteiger partial charge in [-0.05, 0) is 79.1 Å². The summed E-state index contributed by atoms with van der Waals surface area (Å²) < 4.78 is 18.7. The highest BCUT2D eigenvalue weighted by atomic mass is 28.4. The molecule has 0 heterocycles. The van der Waals surface area contributed by atoms with Crippen molar-refractivity contribution in [2.24, 2.45) is 11.7 Å². The summed E-state index contributed by atoms with van der Waals surface area (Å²) in [5.74, 6) is 1.42. The van der Waals surface area contributed by atoms with Gasteiger partial charge in [-0.1, -0.05) is 13.8 Å². The Bertz CT molecular complexity index is 415. The molecule has 0 aromatic carbocycles. The number of allylic oxidation sites excluding steroid dienone is 2. The third-order valence-corrected chi connectivity index (χ3v) is 8.30. The second-order valence-electron chi connectivity index (χ2n) is 7.19. The van der Waals surface area contributed by atoms with E-state index in [1.54, 1.807) is 0 Å². The minimum atomic E-state index is -2.81. The first-order valence-corrected chi connectivity index (χ1v) is 12.5. The SMILES string of the molecule is CCO[Si](CCC(N)C(CCNC)NC)(OCC)OC(C)=C(C)C(C)CC. The molecule has 0 aromatic heterocycles. The zero-order chi connectivity index (χ0) is 20.9. The summed E-state index contributed by atoms with van der Waals surface area (Å²) in [5, 5.41) is 6.52. The molecule has 0 bridgehead atoms. The van der Waals surface area contributed by atoms with Crippen molar-refractivity contribution in [1.82, 2.24) is 10.6 Å². The van der Waals surface area contributed by atoms with Gasteiger partial charge in [0, 0.05) is 31.3 Å². The number of nitrogens with two attached hydrogens (primary N) is 1. The highest BCUT2D eigenvalue weighted by Gasteiger charge is 2.44. The molecule has 0 amide bonds. The van der Waals surface area contributed by atoms with Crippen LogP contribution >= 0.6 is 0 Å². The monoisotopic (exact) mass is 403 g/mol. The van der Waals surface area contributed by atoms with Crippen molar-refractivity contribution in [3.63, 3.8) is 0 Å². The molecule has 162 valence electrons. The molecule has 7 heteroatoms. The van der Waals surface area contributed by atoms with E-state index in [1.165, 1.54) is 5.57 Å². The molecule has 0 saturated carbocycles. The minimum Gasteiger partial charge on any atom is -0.505 e. The van der Waals surface area contributed by atoms with E-state index >= 15 is 0 Å². The van der Waals surface area contributed by atoms with Crippen molar-refractivity contribution in [1.29, 1.82) is 0 Å². The van der Waals surface area contributed by atoms with Gasteiger partial charge in [-0.2, -0.15) is 0 Å². The van der Waals surface area contributed by atoms with Gasteiger partial charge in [0.05, 0.1) is 5.76 Å². The van der Waals surface area contributed by atoms with Crippen LogP contribution in [-0.4, -0.2) is 54.7 Å². The minimum absolute atomic E-state index is 0.0275. The standard InChI is InChI=1S/C20H45N3O3Si/c1-9-16(4)17(5)18(6)26-27(24-10-2,25-11-3)15-13-19(21)20(23-8)12-14-22-7/h16,19-20,22-23H,9-15,21H2,1-8H3. The highest BCUT2D eigenvalue weighted by molar-refractivity contribution is 6.61. The molecule has 4 N–H and O–H groups in total. The van der Waals surface area contributed by atoms with Gasteiger partial charge < -0.3 is 29.6 Å². The lowest BCUT2D eigenvalue weighted by Gasteiger charge is -2.32. The van der Waals surface area contributed by atoms with Crippen molar-refractivity contribution in [3.05, 3.63) is 11.3 Å². The Morgan fingerprint density at radius 3 is 2.07 bits per heavy atom. The predicted molar refractivity (Wildman–Crippen MR) is 117 cm³/mol. The third-order valence-electron chi connectivity index (χ3n) is 5.32. The summed E-state index contributed by atoms with van der Waals surface area (Å²) in [7, 11) is 1.11. The van der Waals surface area contributed by atoms with E-state index in [-0.39, 0.29) is 12.1 Å². The first-order chi connectivity index (χ1) is 12.8. The van der Waals surface area contributed by atoms with Gasteiger partial charge in [0.1, 0.15) is 0 Å². The first-order valence-electron chi connectivity index (χ1n) is 10.5. The van der Waals surface area contributed by atoms with Gasteiger partial charge in [0.25, 0.3) is 0 Å². The maximum atomic E-state index is 6.48. The van der Waals surface area contributed by atoms with Gasteiger partial charge in [-0.25, -0.2) is 0 Å². The molecule has 27 heavy (non-hydrogen) atoms. The fourth-order valence-electron chi connectivity index (χ4n) is 3.12. The van der Waals surface area contributed by atoms with Gasteiger partial charge in [-0.3, -0.25) is 0 Å². The first kappa shape index (κ1) is 26.6. The number of likely N-dealkylation sites (N-methyl/N-ethyl adjacent to an activating group) is 1. The van der Waals surface area contributed by atoms with E-state index in [9.17, 15) is 0 Å². The Balaban J connectivity index is 5.27. The fraction of sp³-hybridized carbons (Fsp3) is 0.900. The van der Waals surface area contributed by atoms with Crippen molar-refractivity contribution in [2.45, 2.75) is 78.9 Å². The Hall–Kier alpha value is -0.443. The maximum Gasteiger partial charge on any atom is 0.565 e. The van der Waals surface area contributed by atoms with Crippen LogP contribution in [-0.2, 0) is 13.3 Å².